The molecule has 0 heterocycles. The van der Waals surface area contributed by atoms with Crippen LogP contribution >= 0.6 is 0 Å². The van der Waals surface area contributed by atoms with Gasteiger partial charge in [0, 0.05) is 17.2 Å². The molecule has 138 valence electrons. The molecule has 4 nitrogen and oxygen atoms in total. The molecule has 0 aromatic heterocycles. The van der Waals surface area contributed by atoms with Crippen LogP contribution in [0.4, 0.5) is 0 Å². The van der Waals surface area contributed by atoms with Gasteiger partial charge in [-0.1, -0.05) is 41.5 Å². The fourth-order valence-corrected chi connectivity index (χ4v) is 2.39. The highest BCUT2D eigenvalue weighted by molar-refractivity contribution is 5.51. The number of ether oxygens (including phenoxy) is 2. The van der Waals surface area contributed by atoms with E-state index in [4.69, 9.17) is 9.47 Å². The SMILES string of the molecule is CC(O)COc1cc(OCC(C)O)c(C(C)(C)C)cc1C(C)(C)C. The van der Waals surface area contributed by atoms with Gasteiger partial charge in [0.05, 0.1) is 12.2 Å². The zero-order chi connectivity index (χ0) is 18.7. The number of hydrogen-bond acceptors (Lipinski definition) is 4. The Hall–Kier alpha value is -1.26. The molecule has 2 N–H and O–H groups in total. The van der Waals surface area contributed by atoms with Crippen LogP contribution in [0.3, 0.4) is 0 Å². The predicted octanol–water partition coefficient (Wildman–Crippen LogP) is 3.80. The summed E-state index contributed by atoms with van der Waals surface area (Å²) in [5.74, 6) is 1.44. The zero-order valence-corrected chi connectivity index (χ0v) is 16.4. The highest BCUT2D eigenvalue weighted by Crippen LogP contribution is 2.41. The Morgan fingerprint density at radius 1 is 0.750 bits per heavy atom. The van der Waals surface area contributed by atoms with Crippen molar-refractivity contribution in [3.05, 3.63) is 23.3 Å². The summed E-state index contributed by atoms with van der Waals surface area (Å²) in [6, 6.07) is 4.03. The average Bonchev–Trinajstić information content (AvgIpc) is 2.39. The number of rotatable bonds is 6. The first kappa shape index (κ1) is 20.8. The molecule has 1 aromatic rings. The van der Waals surface area contributed by atoms with Gasteiger partial charge < -0.3 is 19.7 Å². The van der Waals surface area contributed by atoms with Gasteiger partial charge in [-0.25, -0.2) is 0 Å². The van der Waals surface area contributed by atoms with Crippen molar-refractivity contribution >= 4 is 0 Å². The summed E-state index contributed by atoms with van der Waals surface area (Å²) in [6.45, 7) is 16.7. The third kappa shape index (κ3) is 5.99. The van der Waals surface area contributed by atoms with Gasteiger partial charge in [-0.3, -0.25) is 0 Å². The van der Waals surface area contributed by atoms with E-state index < -0.39 is 12.2 Å². The first-order chi connectivity index (χ1) is 10.8. The van der Waals surface area contributed by atoms with E-state index in [9.17, 15) is 10.2 Å². The molecule has 0 aliphatic rings. The summed E-state index contributed by atoms with van der Waals surface area (Å²) >= 11 is 0. The van der Waals surface area contributed by atoms with Gasteiger partial charge in [-0.05, 0) is 30.7 Å². The molecule has 0 radical (unpaired) electrons. The maximum atomic E-state index is 9.55. The Morgan fingerprint density at radius 2 is 1.08 bits per heavy atom. The van der Waals surface area contributed by atoms with E-state index in [1.807, 2.05) is 6.07 Å². The van der Waals surface area contributed by atoms with E-state index in [0.717, 1.165) is 22.6 Å². The van der Waals surface area contributed by atoms with E-state index in [1.54, 1.807) is 13.8 Å². The lowest BCUT2D eigenvalue weighted by molar-refractivity contribution is 0.117. The van der Waals surface area contributed by atoms with Gasteiger partial charge in [-0.2, -0.15) is 0 Å². The molecule has 4 heteroatoms. The van der Waals surface area contributed by atoms with Crippen LogP contribution in [0, 0.1) is 0 Å². The Balaban J connectivity index is 3.42. The second-order valence-corrected chi connectivity index (χ2v) is 8.66. The Kier molecular flexibility index (Phi) is 6.71. The summed E-state index contributed by atoms with van der Waals surface area (Å²) in [4.78, 5) is 0. The molecule has 0 bridgehead atoms. The van der Waals surface area contributed by atoms with E-state index >= 15 is 0 Å². The van der Waals surface area contributed by atoms with Crippen molar-refractivity contribution in [1.29, 1.82) is 0 Å². The molecular formula is C20H34O4. The fourth-order valence-electron chi connectivity index (χ4n) is 2.39. The summed E-state index contributed by atoms with van der Waals surface area (Å²) in [5.41, 5.74) is 1.96. The van der Waals surface area contributed by atoms with Crippen molar-refractivity contribution in [1.82, 2.24) is 0 Å². The first-order valence-electron chi connectivity index (χ1n) is 8.63. The van der Waals surface area contributed by atoms with E-state index in [-0.39, 0.29) is 24.0 Å². The predicted molar refractivity (Wildman–Crippen MR) is 98.2 cm³/mol. The molecule has 0 amide bonds. The van der Waals surface area contributed by atoms with Gasteiger partial charge in [0.25, 0.3) is 0 Å². The van der Waals surface area contributed by atoms with Gasteiger partial charge in [0.2, 0.25) is 0 Å². The molecule has 1 aromatic carbocycles. The van der Waals surface area contributed by atoms with Crippen molar-refractivity contribution in [3.8, 4) is 11.5 Å². The highest BCUT2D eigenvalue weighted by atomic mass is 16.5. The van der Waals surface area contributed by atoms with Crippen molar-refractivity contribution in [2.24, 2.45) is 0 Å². The lowest BCUT2D eigenvalue weighted by Gasteiger charge is -2.29. The van der Waals surface area contributed by atoms with Gasteiger partial charge >= 0.3 is 0 Å². The lowest BCUT2D eigenvalue weighted by Crippen LogP contribution is -2.22. The van der Waals surface area contributed by atoms with Crippen LogP contribution in [-0.2, 0) is 10.8 Å². The maximum absolute atomic E-state index is 9.55. The third-order valence-corrected chi connectivity index (χ3v) is 3.66. The second kappa shape index (κ2) is 7.75. The lowest BCUT2D eigenvalue weighted by atomic mass is 9.79. The quantitative estimate of drug-likeness (QED) is 0.828. The van der Waals surface area contributed by atoms with Crippen molar-refractivity contribution in [3.63, 3.8) is 0 Å². The van der Waals surface area contributed by atoms with Crippen LogP contribution in [0.2, 0.25) is 0 Å². The maximum Gasteiger partial charge on any atom is 0.126 e. The topological polar surface area (TPSA) is 58.9 Å². The Morgan fingerprint density at radius 3 is 1.33 bits per heavy atom. The van der Waals surface area contributed by atoms with Crippen LogP contribution in [0.5, 0.6) is 11.5 Å². The second-order valence-electron chi connectivity index (χ2n) is 8.66. The highest BCUT2D eigenvalue weighted by Gasteiger charge is 2.27. The standard InChI is InChI=1S/C20H34O4/c1-13(21)11-23-17-10-18(24-12-14(2)22)16(20(6,7)8)9-15(17)19(3,4)5/h9-10,13-14,21-22H,11-12H2,1-8H3. The molecule has 0 saturated heterocycles. The number of hydrogen-bond donors (Lipinski definition) is 2. The molecule has 2 unspecified atom stereocenters. The van der Waals surface area contributed by atoms with Crippen LogP contribution in [0.25, 0.3) is 0 Å². The van der Waals surface area contributed by atoms with E-state index in [1.165, 1.54) is 0 Å². The van der Waals surface area contributed by atoms with Gasteiger partial charge in [0.15, 0.2) is 0 Å². The molecule has 1 rings (SSSR count). The zero-order valence-electron chi connectivity index (χ0n) is 16.4. The minimum atomic E-state index is -0.540. The van der Waals surface area contributed by atoms with Crippen molar-refractivity contribution < 1.29 is 19.7 Å². The summed E-state index contributed by atoms with van der Waals surface area (Å²) in [7, 11) is 0. The molecule has 0 spiro atoms. The molecule has 0 aliphatic heterocycles. The largest absolute Gasteiger partial charge is 0.490 e. The van der Waals surface area contributed by atoms with Crippen LogP contribution in [0.1, 0.15) is 66.5 Å². The first-order valence-corrected chi connectivity index (χ1v) is 8.63. The molecule has 0 fully saturated rings. The normalized spacial score (nSPS) is 15.1. The third-order valence-electron chi connectivity index (χ3n) is 3.66. The summed E-state index contributed by atoms with van der Waals surface area (Å²) in [5, 5.41) is 19.1. The minimum Gasteiger partial charge on any atom is -0.490 e. The van der Waals surface area contributed by atoms with Crippen LogP contribution in [-0.4, -0.2) is 35.6 Å². The molecular weight excluding hydrogens is 304 g/mol. The Labute approximate surface area is 146 Å². The number of aliphatic hydroxyl groups is 2. The minimum absolute atomic E-state index is 0.100. The monoisotopic (exact) mass is 338 g/mol. The molecule has 0 aliphatic carbocycles. The fraction of sp³-hybridized carbons (Fsp3) is 0.700. The number of benzene rings is 1. The van der Waals surface area contributed by atoms with Crippen LogP contribution in [0.15, 0.2) is 12.1 Å². The Bertz CT molecular complexity index is 489. The van der Waals surface area contributed by atoms with Gasteiger partial charge in [-0.15, -0.1) is 0 Å². The summed E-state index contributed by atoms with van der Waals surface area (Å²) < 4.78 is 11.7. The number of aliphatic hydroxyl groups excluding tert-OH is 2. The average molecular weight is 338 g/mol. The van der Waals surface area contributed by atoms with Crippen molar-refractivity contribution in [2.45, 2.75) is 78.4 Å². The molecule has 24 heavy (non-hydrogen) atoms. The van der Waals surface area contributed by atoms with Gasteiger partial charge in [0.1, 0.15) is 24.7 Å². The van der Waals surface area contributed by atoms with E-state index in [0.29, 0.717) is 0 Å². The molecule has 0 saturated carbocycles. The molecule has 2 atom stereocenters. The van der Waals surface area contributed by atoms with Crippen molar-refractivity contribution in [2.75, 3.05) is 13.2 Å². The van der Waals surface area contributed by atoms with Crippen LogP contribution < -0.4 is 9.47 Å². The summed E-state index contributed by atoms with van der Waals surface area (Å²) in [6.07, 6.45) is -1.08. The van der Waals surface area contributed by atoms with E-state index in [2.05, 4.69) is 47.6 Å². The smallest absolute Gasteiger partial charge is 0.126 e.